The van der Waals surface area contributed by atoms with E-state index in [1.807, 2.05) is 24.3 Å². The Morgan fingerprint density at radius 1 is 1.12 bits per heavy atom. The van der Waals surface area contributed by atoms with E-state index >= 15 is 0 Å². The summed E-state index contributed by atoms with van der Waals surface area (Å²) in [5.74, 6) is 0.0286. The van der Waals surface area contributed by atoms with Crippen LogP contribution in [0, 0.1) is 0 Å². The van der Waals surface area contributed by atoms with E-state index in [-0.39, 0.29) is 6.10 Å². The molecule has 6 nitrogen and oxygen atoms in total. The van der Waals surface area contributed by atoms with E-state index in [9.17, 15) is 9.90 Å². The molecule has 2 atom stereocenters. The third kappa shape index (κ3) is 5.72. The van der Waals surface area contributed by atoms with Crippen LogP contribution in [0.3, 0.4) is 0 Å². The second kappa shape index (κ2) is 10.4. The van der Waals surface area contributed by atoms with Gasteiger partial charge in [0, 0.05) is 31.0 Å². The van der Waals surface area contributed by atoms with Gasteiger partial charge in [-0.25, -0.2) is 4.79 Å². The number of aryl methyl sites for hydroxylation is 3. The van der Waals surface area contributed by atoms with Gasteiger partial charge in [-0.3, -0.25) is 4.98 Å². The molecule has 6 heteroatoms. The molecule has 0 bridgehead atoms. The third-order valence-corrected chi connectivity index (χ3v) is 5.81. The van der Waals surface area contributed by atoms with Crippen molar-refractivity contribution >= 4 is 5.97 Å². The predicted octanol–water partition coefficient (Wildman–Crippen LogP) is 3.58. The second-order valence-corrected chi connectivity index (χ2v) is 8.19. The summed E-state index contributed by atoms with van der Waals surface area (Å²) in [6, 6.07) is 17.1. The van der Waals surface area contributed by atoms with Gasteiger partial charge in [-0.2, -0.15) is 0 Å². The molecule has 32 heavy (non-hydrogen) atoms. The molecule has 0 radical (unpaired) electrons. The number of carboxylic acid groups (broad SMARTS) is 1. The van der Waals surface area contributed by atoms with Crippen molar-refractivity contribution < 1.29 is 19.7 Å². The summed E-state index contributed by atoms with van der Waals surface area (Å²) in [7, 11) is 0. The first-order valence-electron chi connectivity index (χ1n) is 11.0. The van der Waals surface area contributed by atoms with Gasteiger partial charge in [-0.15, -0.1) is 0 Å². The largest absolute Gasteiger partial charge is 0.489 e. The summed E-state index contributed by atoms with van der Waals surface area (Å²) < 4.78 is 6.16. The molecule has 0 aliphatic carbocycles. The number of benzene rings is 2. The Morgan fingerprint density at radius 2 is 1.97 bits per heavy atom. The molecule has 0 amide bonds. The van der Waals surface area contributed by atoms with Gasteiger partial charge in [0.25, 0.3) is 0 Å². The zero-order valence-corrected chi connectivity index (χ0v) is 17.9. The number of hydrogen-bond acceptors (Lipinski definition) is 5. The van der Waals surface area contributed by atoms with Gasteiger partial charge in [-0.1, -0.05) is 30.3 Å². The zero-order valence-electron chi connectivity index (χ0n) is 17.9. The molecule has 1 aliphatic heterocycles. The van der Waals surface area contributed by atoms with Gasteiger partial charge >= 0.3 is 5.97 Å². The number of carbonyl (C=O) groups is 1. The molecular weight excluding hydrogens is 404 g/mol. The minimum absolute atomic E-state index is 0.0770. The van der Waals surface area contributed by atoms with E-state index < -0.39 is 12.1 Å². The fraction of sp³-hybridized carbons (Fsp3) is 0.308. The number of rotatable bonds is 9. The van der Waals surface area contributed by atoms with Crippen LogP contribution in [0.15, 0.2) is 67.0 Å². The number of nitrogens with one attached hydrogen (secondary N) is 1. The minimum atomic E-state index is -0.895. The first-order chi connectivity index (χ1) is 15.6. The van der Waals surface area contributed by atoms with Crippen molar-refractivity contribution in [1.82, 2.24) is 10.3 Å². The minimum Gasteiger partial charge on any atom is -0.489 e. The number of pyridine rings is 1. The van der Waals surface area contributed by atoms with Crippen LogP contribution in [-0.2, 0) is 19.3 Å². The van der Waals surface area contributed by atoms with Crippen LogP contribution < -0.4 is 10.1 Å². The Hall–Kier alpha value is -3.22. The lowest BCUT2D eigenvalue weighted by Gasteiger charge is -2.27. The van der Waals surface area contributed by atoms with E-state index in [1.54, 1.807) is 30.6 Å². The lowest BCUT2D eigenvalue weighted by atomic mass is 9.97. The van der Waals surface area contributed by atoms with Crippen LogP contribution in [0.4, 0.5) is 0 Å². The highest BCUT2D eigenvalue weighted by Crippen LogP contribution is 2.29. The lowest BCUT2D eigenvalue weighted by molar-refractivity contribution is 0.0696. The maximum Gasteiger partial charge on any atom is 0.335 e. The molecule has 0 fully saturated rings. The third-order valence-electron chi connectivity index (χ3n) is 5.81. The highest BCUT2D eigenvalue weighted by Gasteiger charge is 2.20. The van der Waals surface area contributed by atoms with E-state index in [2.05, 4.69) is 22.4 Å². The topological polar surface area (TPSA) is 91.7 Å². The number of carboxylic acids is 1. The normalized spacial score (nSPS) is 16.1. The number of aromatic carboxylic acids is 1. The Labute approximate surface area is 187 Å². The van der Waals surface area contributed by atoms with Crippen molar-refractivity contribution in [3.8, 4) is 5.75 Å². The fourth-order valence-electron chi connectivity index (χ4n) is 4.02. The monoisotopic (exact) mass is 432 g/mol. The Bertz CT molecular complexity index is 1050. The summed E-state index contributed by atoms with van der Waals surface area (Å²) in [5.41, 5.74) is 4.60. The van der Waals surface area contributed by atoms with Crippen LogP contribution in [-0.4, -0.2) is 40.4 Å². The van der Waals surface area contributed by atoms with Crippen molar-refractivity contribution in [2.45, 2.75) is 37.9 Å². The van der Waals surface area contributed by atoms with Crippen molar-refractivity contribution in [3.63, 3.8) is 0 Å². The Kier molecular flexibility index (Phi) is 7.14. The van der Waals surface area contributed by atoms with Gasteiger partial charge in [0.05, 0.1) is 11.7 Å². The highest BCUT2D eigenvalue weighted by molar-refractivity contribution is 5.87. The molecule has 1 aromatic heterocycles. The smallest absolute Gasteiger partial charge is 0.335 e. The standard InChI is InChI=1S/C26H28N2O4/c29-24(22-5-2-12-27-15-22)17-28-16-23-10-9-20-13-19(8-11-25(20)32-23)7-6-18-3-1-4-21(14-18)26(30)31/h1-5,8,11-15,23-24,28-29H,6-7,9-10,16-17H2,(H,30,31)/t23-,24+/m0/s1. The summed E-state index contributed by atoms with van der Waals surface area (Å²) in [4.78, 5) is 15.2. The first-order valence-corrected chi connectivity index (χ1v) is 11.0. The average Bonchev–Trinajstić information content (AvgIpc) is 2.83. The van der Waals surface area contributed by atoms with Crippen LogP contribution in [0.1, 0.15) is 45.1 Å². The van der Waals surface area contributed by atoms with Crippen molar-refractivity contribution in [3.05, 3.63) is 94.8 Å². The molecule has 2 aromatic carbocycles. The SMILES string of the molecule is O=C(O)c1cccc(CCc2ccc3c(c2)CC[C@@H](CNC[C@@H](O)c2cccnc2)O3)c1. The highest BCUT2D eigenvalue weighted by atomic mass is 16.5. The van der Waals surface area contributed by atoms with Gasteiger partial charge in [-0.05, 0) is 66.6 Å². The van der Waals surface area contributed by atoms with E-state index in [0.717, 1.165) is 42.6 Å². The van der Waals surface area contributed by atoms with Gasteiger partial charge < -0.3 is 20.3 Å². The van der Waals surface area contributed by atoms with Gasteiger partial charge in [0.2, 0.25) is 0 Å². The van der Waals surface area contributed by atoms with Crippen molar-refractivity contribution in [2.24, 2.45) is 0 Å². The summed E-state index contributed by atoms with van der Waals surface area (Å²) in [6.07, 6.45) is 6.40. The molecule has 0 unspecified atom stereocenters. The number of aliphatic hydroxyl groups excluding tert-OH is 1. The maximum absolute atomic E-state index is 11.1. The van der Waals surface area contributed by atoms with Crippen LogP contribution >= 0.6 is 0 Å². The quantitative estimate of drug-likeness (QED) is 0.479. The molecule has 4 rings (SSSR count). The molecule has 166 valence electrons. The predicted molar refractivity (Wildman–Crippen MR) is 122 cm³/mol. The van der Waals surface area contributed by atoms with E-state index in [0.29, 0.717) is 18.7 Å². The number of fused-ring (bicyclic) bond motifs is 1. The van der Waals surface area contributed by atoms with Crippen LogP contribution in [0.2, 0.25) is 0 Å². The molecular formula is C26H28N2O4. The average molecular weight is 433 g/mol. The summed E-state index contributed by atoms with van der Waals surface area (Å²) in [6.45, 7) is 1.14. The fourth-order valence-corrected chi connectivity index (χ4v) is 4.02. The van der Waals surface area contributed by atoms with Crippen LogP contribution in [0.25, 0.3) is 0 Å². The summed E-state index contributed by atoms with van der Waals surface area (Å²) >= 11 is 0. The number of hydrogen-bond donors (Lipinski definition) is 3. The molecule has 1 aliphatic rings. The molecule has 0 saturated heterocycles. The van der Waals surface area contributed by atoms with Gasteiger partial charge in [0.15, 0.2) is 0 Å². The van der Waals surface area contributed by atoms with Gasteiger partial charge in [0.1, 0.15) is 11.9 Å². The van der Waals surface area contributed by atoms with Crippen molar-refractivity contribution in [2.75, 3.05) is 13.1 Å². The number of ether oxygens (including phenoxy) is 1. The second-order valence-electron chi connectivity index (χ2n) is 8.19. The molecule has 3 N–H and O–H groups in total. The zero-order chi connectivity index (χ0) is 22.3. The van der Waals surface area contributed by atoms with E-state index in [1.165, 1.54) is 11.1 Å². The van der Waals surface area contributed by atoms with Crippen molar-refractivity contribution in [1.29, 1.82) is 0 Å². The maximum atomic E-state index is 11.1. The Balaban J connectivity index is 1.27. The molecule has 0 spiro atoms. The lowest BCUT2D eigenvalue weighted by Crippen LogP contribution is -2.36. The van der Waals surface area contributed by atoms with Crippen LogP contribution in [0.5, 0.6) is 5.75 Å². The summed E-state index contributed by atoms with van der Waals surface area (Å²) in [5, 5.41) is 22.7. The molecule has 2 heterocycles. The van der Waals surface area contributed by atoms with E-state index in [4.69, 9.17) is 9.84 Å². The number of aliphatic hydroxyl groups is 1. The molecule has 0 saturated carbocycles. The Morgan fingerprint density at radius 3 is 2.75 bits per heavy atom. The number of aromatic nitrogens is 1. The first kappa shape index (κ1) is 22.0. The molecule has 3 aromatic rings. The number of nitrogens with zero attached hydrogens (tertiary/aromatic N) is 1.